The average Bonchev–Trinajstić information content (AvgIpc) is 2.94. The molecule has 1 aliphatic carbocycles. The smallest absolute Gasteiger partial charge is 0.407 e. The fraction of sp³-hybridized carbons (Fsp3) is 0.467. The third-order valence-corrected chi connectivity index (χ3v) is 3.80. The summed E-state index contributed by atoms with van der Waals surface area (Å²) in [4.78, 5) is 22.9. The second kappa shape index (κ2) is 6.41. The molecule has 0 spiro atoms. The van der Waals surface area contributed by atoms with E-state index in [9.17, 15) is 14.7 Å². The maximum atomic E-state index is 11.6. The quantitative estimate of drug-likeness (QED) is 0.867. The van der Waals surface area contributed by atoms with Crippen molar-refractivity contribution in [2.24, 2.45) is 5.41 Å². The van der Waals surface area contributed by atoms with Gasteiger partial charge in [-0.05, 0) is 18.4 Å². The van der Waals surface area contributed by atoms with E-state index < -0.39 is 17.5 Å². The zero-order valence-electron chi connectivity index (χ0n) is 11.3. The number of carbonyl (C=O) groups excluding carboxylic acids is 1. The molecule has 1 saturated carbocycles. The molecule has 0 aliphatic heterocycles. The molecule has 5 heteroatoms. The predicted octanol–water partition coefficient (Wildman–Crippen LogP) is 2.56. The van der Waals surface area contributed by atoms with E-state index >= 15 is 0 Å². The summed E-state index contributed by atoms with van der Waals surface area (Å²) < 4.78 is 5.07. The topological polar surface area (TPSA) is 75.6 Å². The molecule has 0 unspecified atom stereocenters. The Morgan fingerprint density at radius 1 is 1.20 bits per heavy atom. The number of aliphatic carboxylic acids is 1. The van der Waals surface area contributed by atoms with E-state index in [0.717, 1.165) is 18.4 Å². The Morgan fingerprint density at radius 3 is 2.45 bits per heavy atom. The lowest BCUT2D eigenvalue weighted by atomic mass is 9.86. The van der Waals surface area contributed by atoms with Crippen LogP contribution in [0.15, 0.2) is 30.3 Å². The number of amides is 1. The van der Waals surface area contributed by atoms with Gasteiger partial charge in [-0.3, -0.25) is 4.79 Å². The Bertz CT molecular complexity index is 466. The molecule has 1 aromatic carbocycles. The summed E-state index contributed by atoms with van der Waals surface area (Å²) in [6.45, 7) is 0.322. The number of carboxylic acid groups (broad SMARTS) is 1. The lowest BCUT2D eigenvalue weighted by molar-refractivity contribution is -0.148. The van der Waals surface area contributed by atoms with Crippen molar-refractivity contribution in [2.75, 3.05) is 6.54 Å². The highest BCUT2D eigenvalue weighted by Crippen LogP contribution is 2.37. The van der Waals surface area contributed by atoms with Crippen LogP contribution in [-0.2, 0) is 16.1 Å². The van der Waals surface area contributed by atoms with E-state index in [1.54, 1.807) is 0 Å². The third kappa shape index (κ3) is 3.50. The predicted molar refractivity (Wildman–Crippen MR) is 73.2 cm³/mol. The number of alkyl carbamates (subject to hydrolysis) is 1. The summed E-state index contributed by atoms with van der Waals surface area (Å²) in [6.07, 6.45) is 2.45. The third-order valence-electron chi connectivity index (χ3n) is 3.80. The van der Waals surface area contributed by atoms with E-state index in [2.05, 4.69) is 5.32 Å². The lowest BCUT2D eigenvalue weighted by Crippen LogP contribution is -2.41. The molecule has 0 heterocycles. The van der Waals surface area contributed by atoms with Crippen LogP contribution in [0.2, 0.25) is 0 Å². The molecule has 1 aromatic rings. The van der Waals surface area contributed by atoms with Crippen molar-refractivity contribution >= 4 is 12.1 Å². The molecule has 1 fully saturated rings. The molecule has 0 bridgehead atoms. The molecule has 0 atom stereocenters. The summed E-state index contributed by atoms with van der Waals surface area (Å²) in [5.74, 6) is -0.835. The van der Waals surface area contributed by atoms with Gasteiger partial charge in [0.2, 0.25) is 0 Å². The van der Waals surface area contributed by atoms with Crippen LogP contribution in [0.1, 0.15) is 31.2 Å². The van der Waals surface area contributed by atoms with E-state index in [-0.39, 0.29) is 13.2 Å². The first-order valence-electron chi connectivity index (χ1n) is 6.80. The Hall–Kier alpha value is -2.04. The fourth-order valence-electron chi connectivity index (χ4n) is 2.53. The van der Waals surface area contributed by atoms with Crippen LogP contribution >= 0.6 is 0 Å². The summed E-state index contributed by atoms with van der Waals surface area (Å²) >= 11 is 0. The minimum Gasteiger partial charge on any atom is -0.481 e. The first kappa shape index (κ1) is 14.4. The highest BCUT2D eigenvalue weighted by Gasteiger charge is 2.41. The van der Waals surface area contributed by atoms with Crippen LogP contribution in [0, 0.1) is 5.41 Å². The van der Waals surface area contributed by atoms with Crippen molar-refractivity contribution in [3.8, 4) is 0 Å². The summed E-state index contributed by atoms with van der Waals surface area (Å²) in [6, 6.07) is 9.36. The number of nitrogens with one attached hydrogen (secondary N) is 1. The van der Waals surface area contributed by atoms with Crippen LogP contribution < -0.4 is 5.32 Å². The molecule has 1 amide bonds. The monoisotopic (exact) mass is 277 g/mol. The Balaban J connectivity index is 1.78. The molecule has 5 nitrogen and oxygen atoms in total. The lowest BCUT2D eigenvalue weighted by Gasteiger charge is -2.23. The molecule has 2 N–H and O–H groups in total. The molecule has 0 radical (unpaired) electrons. The van der Waals surface area contributed by atoms with Crippen molar-refractivity contribution in [1.82, 2.24) is 5.32 Å². The molecule has 108 valence electrons. The zero-order valence-corrected chi connectivity index (χ0v) is 11.3. The normalized spacial score (nSPS) is 16.6. The van der Waals surface area contributed by atoms with Gasteiger partial charge in [0.05, 0.1) is 5.41 Å². The second-order valence-corrected chi connectivity index (χ2v) is 5.21. The van der Waals surface area contributed by atoms with Crippen molar-refractivity contribution in [3.63, 3.8) is 0 Å². The van der Waals surface area contributed by atoms with Gasteiger partial charge in [-0.2, -0.15) is 0 Å². The largest absolute Gasteiger partial charge is 0.481 e. The Kier molecular flexibility index (Phi) is 4.61. The molecule has 0 saturated heterocycles. The van der Waals surface area contributed by atoms with Crippen molar-refractivity contribution in [3.05, 3.63) is 35.9 Å². The van der Waals surface area contributed by atoms with Crippen LogP contribution in [0.3, 0.4) is 0 Å². The molecule has 1 aliphatic rings. The number of carboxylic acids is 1. The van der Waals surface area contributed by atoms with Gasteiger partial charge in [0.15, 0.2) is 0 Å². The van der Waals surface area contributed by atoms with Gasteiger partial charge in [0.25, 0.3) is 0 Å². The maximum Gasteiger partial charge on any atom is 0.407 e. The summed E-state index contributed by atoms with van der Waals surface area (Å²) in [5, 5.41) is 11.9. The fourth-order valence-corrected chi connectivity index (χ4v) is 2.53. The van der Waals surface area contributed by atoms with Gasteiger partial charge >= 0.3 is 12.1 Å². The van der Waals surface area contributed by atoms with Crippen LogP contribution in [0.5, 0.6) is 0 Å². The van der Waals surface area contributed by atoms with Gasteiger partial charge in [-0.25, -0.2) is 4.79 Å². The van der Waals surface area contributed by atoms with E-state index in [4.69, 9.17) is 4.74 Å². The minimum absolute atomic E-state index is 0.135. The zero-order chi connectivity index (χ0) is 14.4. The van der Waals surface area contributed by atoms with E-state index in [1.807, 2.05) is 30.3 Å². The molecule has 20 heavy (non-hydrogen) atoms. The first-order chi connectivity index (χ1) is 9.62. The van der Waals surface area contributed by atoms with Crippen molar-refractivity contribution < 1.29 is 19.4 Å². The maximum absolute atomic E-state index is 11.6. The SMILES string of the molecule is O=C(NCC1(C(=O)O)CCCC1)OCc1ccccc1. The summed E-state index contributed by atoms with van der Waals surface area (Å²) in [7, 11) is 0. The highest BCUT2D eigenvalue weighted by molar-refractivity contribution is 5.76. The molecular weight excluding hydrogens is 258 g/mol. The van der Waals surface area contributed by atoms with Gasteiger partial charge in [0.1, 0.15) is 6.61 Å². The van der Waals surface area contributed by atoms with Crippen LogP contribution in [0.25, 0.3) is 0 Å². The van der Waals surface area contributed by atoms with Gasteiger partial charge < -0.3 is 15.2 Å². The van der Waals surface area contributed by atoms with Gasteiger partial charge in [-0.15, -0.1) is 0 Å². The van der Waals surface area contributed by atoms with Gasteiger partial charge in [-0.1, -0.05) is 43.2 Å². The standard InChI is InChI=1S/C15H19NO4/c17-13(18)15(8-4-5-9-15)11-16-14(19)20-10-12-6-2-1-3-7-12/h1-3,6-7H,4-5,8-11H2,(H,16,19)(H,17,18). The Labute approximate surface area is 117 Å². The van der Waals surface area contributed by atoms with Crippen molar-refractivity contribution in [1.29, 1.82) is 0 Å². The number of hydrogen-bond donors (Lipinski definition) is 2. The van der Waals surface area contributed by atoms with Crippen LogP contribution in [-0.4, -0.2) is 23.7 Å². The number of carbonyl (C=O) groups is 2. The second-order valence-electron chi connectivity index (χ2n) is 5.21. The molecule has 0 aromatic heterocycles. The number of ether oxygens (including phenoxy) is 1. The number of benzene rings is 1. The van der Waals surface area contributed by atoms with Crippen molar-refractivity contribution in [2.45, 2.75) is 32.3 Å². The molecule has 2 rings (SSSR count). The Morgan fingerprint density at radius 2 is 1.85 bits per heavy atom. The number of hydrogen-bond acceptors (Lipinski definition) is 3. The van der Waals surface area contributed by atoms with E-state index in [0.29, 0.717) is 12.8 Å². The van der Waals surface area contributed by atoms with E-state index in [1.165, 1.54) is 0 Å². The minimum atomic E-state index is -0.835. The average molecular weight is 277 g/mol. The van der Waals surface area contributed by atoms with Crippen LogP contribution in [0.4, 0.5) is 4.79 Å². The molecular formula is C15H19NO4. The first-order valence-corrected chi connectivity index (χ1v) is 6.80. The number of rotatable bonds is 5. The summed E-state index contributed by atoms with van der Waals surface area (Å²) in [5.41, 5.74) is 0.0858. The van der Waals surface area contributed by atoms with Gasteiger partial charge in [0, 0.05) is 6.54 Å². The highest BCUT2D eigenvalue weighted by atomic mass is 16.5.